The molecule has 3 aliphatic rings. The zero-order valence-corrected chi connectivity index (χ0v) is 17.0. The molecule has 1 atom stereocenters. The Balaban J connectivity index is 1.32. The fraction of sp³-hybridized carbons (Fsp3) is 0.435. The van der Waals surface area contributed by atoms with Crippen molar-refractivity contribution in [3.05, 3.63) is 36.9 Å². The molecule has 1 aliphatic heterocycles. The summed E-state index contributed by atoms with van der Waals surface area (Å²) in [5.41, 5.74) is 2.74. The van der Waals surface area contributed by atoms with Crippen molar-refractivity contribution in [1.82, 2.24) is 19.4 Å². The van der Waals surface area contributed by atoms with Gasteiger partial charge in [0.2, 0.25) is 5.91 Å². The molecule has 3 aromatic rings. The summed E-state index contributed by atoms with van der Waals surface area (Å²) in [7, 11) is 0. The highest BCUT2D eigenvalue weighted by Gasteiger charge is 2.57. The zero-order chi connectivity index (χ0) is 21.2. The van der Waals surface area contributed by atoms with Crippen LogP contribution in [0.15, 0.2) is 36.9 Å². The maximum Gasteiger partial charge on any atom is 0.247 e. The number of aromatic nitrogens is 4. The normalized spacial score (nSPS) is 27.8. The van der Waals surface area contributed by atoms with Crippen LogP contribution in [-0.4, -0.2) is 31.8 Å². The van der Waals surface area contributed by atoms with Gasteiger partial charge in [-0.15, -0.1) is 0 Å². The molecule has 3 aromatic heterocycles. The minimum absolute atomic E-state index is 0.0711. The zero-order valence-electron chi connectivity index (χ0n) is 17.0. The fourth-order valence-corrected chi connectivity index (χ4v) is 5.10. The minimum atomic E-state index is -0.860. The van der Waals surface area contributed by atoms with Crippen molar-refractivity contribution < 1.29 is 4.79 Å². The van der Waals surface area contributed by atoms with Crippen LogP contribution in [0.2, 0.25) is 0 Å². The average Bonchev–Trinajstić information content (AvgIpc) is 3.20. The van der Waals surface area contributed by atoms with Gasteiger partial charge in [-0.2, -0.15) is 20.7 Å². The molecular weight excluding hydrogens is 390 g/mol. The summed E-state index contributed by atoms with van der Waals surface area (Å²) in [6, 6.07) is 8.83. The highest BCUT2D eigenvalue weighted by molar-refractivity contribution is 6.05. The van der Waals surface area contributed by atoms with Crippen molar-refractivity contribution in [2.75, 3.05) is 11.4 Å². The number of amides is 1. The third-order valence-corrected chi connectivity index (χ3v) is 7.21. The first-order valence-electron chi connectivity index (χ1n) is 10.8. The summed E-state index contributed by atoms with van der Waals surface area (Å²) in [4.78, 5) is 15.0. The molecule has 8 nitrogen and oxygen atoms in total. The lowest BCUT2D eigenvalue weighted by molar-refractivity contribution is -0.123. The number of hydrogen-bond donors (Lipinski definition) is 0. The largest absolute Gasteiger partial charge is 0.309 e. The molecule has 8 heteroatoms. The van der Waals surface area contributed by atoms with E-state index in [2.05, 4.69) is 22.3 Å². The van der Waals surface area contributed by atoms with E-state index in [1.165, 1.54) is 0 Å². The molecule has 0 bridgehead atoms. The number of hydrogen-bond acceptors (Lipinski definition) is 5. The first kappa shape index (κ1) is 18.1. The summed E-state index contributed by atoms with van der Waals surface area (Å²) >= 11 is 0. The number of rotatable bonds is 4. The van der Waals surface area contributed by atoms with Crippen LogP contribution in [0, 0.1) is 39.9 Å². The lowest BCUT2D eigenvalue weighted by atomic mass is 9.81. The molecule has 2 aliphatic carbocycles. The Labute approximate surface area is 179 Å². The van der Waals surface area contributed by atoms with Gasteiger partial charge in [0.1, 0.15) is 5.41 Å². The minimum Gasteiger partial charge on any atom is -0.309 e. The molecule has 1 saturated heterocycles. The maximum absolute atomic E-state index is 13.3. The standard InChI is InChI=1S/C23H21N7O/c24-10-15-7-19(8-15)29-13-17(11-27-29)16-9-21-20(3-5-26-30(21)12-16)28-6-4-23(14-25,22(28)31)18-1-2-18/h3,5,9,11-13,15,18-19H,1-2,4,6-8H2/t15?,19?,23-/m1/s1. The number of carbonyl (C=O) groups is 1. The topological polar surface area (TPSA) is 103 Å². The van der Waals surface area contributed by atoms with Crippen molar-refractivity contribution in [2.24, 2.45) is 17.3 Å². The lowest BCUT2D eigenvalue weighted by Gasteiger charge is -2.30. The molecule has 2 saturated carbocycles. The van der Waals surface area contributed by atoms with Crippen LogP contribution < -0.4 is 4.90 Å². The molecule has 1 amide bonds. The van der Waals surface area contributed by atoms with Gasteiger partial charge in [-0.3, -0.25) is 9.48 Å². The summed E-state index contributed by atoms with van der Waals surface area (Å²) < 4.78 is 3.73. The Morgan fingerprint density at radius 1 is 1.13 bits per heavy atom. The number of nitrogens with zero attached hydrogens (tertiary/aromatic N) is 7. The van der Waals surface area contributed by atoms with E-state index in [0.29, 0.717) is 13.0 Å². The van der Waals surface area contributed by atoms with Gasteiger partial charge in [0, 0.05) is 36.3 Å². The summed E-state index contributed by atoms with van der Waals surface area (Å²) in [6.45, 7) is 0.558. The molecular formula is C23H21N7O. The molecule has 154 valence electrons. The van der Waals surface area contributed by atoms with E-state index in [1.54, 1.807) is 15.6 Å². The van der Waals surface area contributed by atoms with E-state index in [-0.39, 0.29) is 23.8 Å². The van der Waals surface area contributed by atoms with Gasteiger partial charge in [-0.25, -0.2) is 4.52 Å². The van der Waals surface area contributed by atoms with E-state index in [0.717, 1.165) is 48.0 Å². The Morgan fingerprint density at radius 2 is 1.97 bits per heavy atom. The van der Waals surface area contributed by atoms with Crippen LogP contribution in [0.3, 0.4) is 0 Å². The molecule has 4 heterocycles. The van der Waals surface area contributed by atoms with Gasteiger partial charge in [-0.05, 0) is 50.2 Å². The van der Waals surface area contributed by atoms with Crippen molar-refractivity contribution in [3.63, 3.8) is 0 Å². The first-order valence-corrected chi connectivity index (χ1v) is 10.8. The van der Waals surface area contributed by atoms with Gasteiger partial charge in [0.25, 0.3) is 0 Å². The molecule has 31 heavy (non-hydrogen) atoms. The van der Waals surface area contributed by atoms with Crippen molar-refractivity contribution in [3.8, 4) is 23.3 Å². The van der Waals surface area contributed by atoms with E-state index in [1.807, 2.05) is 35.4 Å². The van der Waals surface area contributed by atoms with Gasteiger partial charge in [0.15, 0.2) is 0 Å². The SMILES string of the molecule is N#CC1CC(n2cc(-c3cc4c(N5CC[C@@](C#N)(C6CC6)C5=O)ccnn4c3)cn2)C1. The van der Waals surface area contributed by atoms with Gasteiger partial charge >= 0.3 is 0 Å². The molecule has 0 spiro atoms. The number of nitriles is 2. The second-order valence-electron chi connectivity index (χ2n) is 9.00. The highest BCUT2D eigenvalue weighted by Crippen LogP contribution is 2.52. The highest BCUT2D eigenvalue weighted by atomic mass is 16.2. The molecule has 0 radical (unpaired) electrons. The van der Waals surface area contributed by atoms with Gasteiger partial charge in [0.05, 0.1) is 41.5 Å². The summed E-state index contributed by atoms with van der Waals surface area (Å²) in [6.07, 6.45) is 11.7. The molecule has 0 unspecified atom stereocenters. The van der Waals surface area contributed by atoms with Crippen molar-refractivity contribution >= 4 is 17.1 Å². The van der Waals surface area contributed by atoms with E-state index >= 15 is 0 Å². The monoisotopic (exact) mass is 411 g/mol. The van der Waals surface area contributed by atoms with Crippen LogP contribution in [0.5, 0.6) is 0 Å². The number of anilines is 1. The van der Waals surface area contributed by atoms with Crippen LogP contribution in [-0.2, 0) is 4.79 Å². The second-order valence-corrected chi connectivity index (χ2v) is 9.00. The summed E-state index contributed by atoms with van der Waals surface area (Å²) in [5, 5.41) is 27.7. The Kier molecular flexibility index (Phi) is 3.76. The first-order chi connectivity index (χ1) is 15.1. The smallest absolute Gasteiger partial charge is 0.247 e. The third-order valence-electron chi connectivity index (χ3n) is 7.21. The Morgan fingerprint density at radius 3 is 2.71 bits per heavy atom. The van der Waals surface area contributed by atoms with E-state index in [9.17, 15) is 10.1 Å². The fourth-order valence-electron chi connectivity index (χ4n) is 5.10. The second kappa shape index (κ2) is 6.42. The lowest BCUT2D eigenvalue weighted by Crippen LogP contribution is -2.35. The van der Waals surface area contributed by atoms with Crippen LogP contribution >= 0.6 is 0 Å². The van der Waals surface area contributed by atoms with Gasteiger partial charge in [-0.1, -0.05) is 0 Å². The molecule has 0 aromatic carbocycles. The van der Waals surface area contributed by atoms with E-state index in [4.69, 9.17) is 5.26 Å². The Bertz CT molecular complexity index is 1280. The average molecular weight is 411 g/mol. The quantitative estimate of drug-likeness (QED) is 0.655. The molecule has 6 rings (SSSR count). The maximum atomic E-state index is 13.3. The number of fused-ring (bicyclic) bond motifs is 1. The van der Waals surface area contributed by atoms with Crippen molar-refractivity contribution in [1.29, 1.82) is 10.5 Å². The molecule has 3 fully saturated rings. The van der Waals surface area contributed by atoms with Crippen molar-refractivity contribution in [2.45, 2.75) is 38.1 Å². The van der Waals surface area contributed by atoms with Crippen LogP contribution in [0.25, 0.3) is 16.6 Å². The predicted octanol–water partition coefficient (Wildman–Crippen LogP) is 3.33. The third kappa shape index (κ3) is 2.61. The Hall–Kier alpha value is -3.65. The summed E-state index contributed by atoms with van der Waals surface area (Å²) in [5.74, 6) is 0.266. The van der Waals surface area contributed by atoms with Gasteiger partial charge < -0.3 is 4.90 Å². The van der Waals surface area contributed by atoms with E-state index < -0.39 is 5.41 Å². The molecule has 0 N–H and O–H groups in total. The number of carbonyl (C=O) groups excluding carboxylic acids is 1. The van der Waals surface area contributed by atoms with Crippen LogP contribution in [0.4, 0.5) is 5.69 Å². The predicted molar refractivity (Wildman–Crippen MR) is 112 cm³/mol. The van der Waals surface area contributed by atoms with Crippen LogP contribution in [0.1, 0.15) is 38.1 Å².